The summed E-state index contributed by atoms with van der Waals surface area (Å²) in [6.45, 7) is 6.07. The van der Waals surface area contributed by atoms with E-state index >= 15 is 0 Å². The Morgan fingerprint density at radius 1 is 1.47 bits per heavy atom. The molecule has 3 nitrogen and oxygen atoms in total. The summed E-state index contributed by atoms with van der Waals surface area (Å²) >= 11 is 9.75. The van der Waals surface area contributed by atoms with Gasteiger partial charge in [0.1, 0.15) is 0 Å². The lowest BCUT2D eigenvalue weighted by atomic mass is 10.0. The van der Waals surface area contributed by atoms with Crippen molar-refractivity contribution in [3.63, 3.8) is 0 Å². The molecule has 1 aliphatic rings. The topological polar surface area (TPSA) is 32.5 Å². The van der Waals surface area contributed by atoms with Crippen LogP contribution in [0.4, 0.5) is 0 Å². The SMILES string of the molecule is CC1CN(C)CCN1C(CN)c1cc(Cl)ccc1Br. The summed E-state index contributed by atoms with van der Waals surface area (Å²) in [6, 6.07) is 6.64. The van der Waals surface area contributed by atoms with Crippen LogP contribution in [0.5, 0.6) is 0 Å². The Labute approximate surface area is 128 Å². The number of benzene rings is 1. The summed E-state index contributed by atoms with van der Waals surface area (Å²) in [7, 11) is 2.17. The predicted molar refractivity (Wildman–Crippen MR) is 84.6 cm³/mol. The molecule has 2 atom stereocenters. The lowest BCUT2D eigenvalue weighted by Crippen LogP contribution is -2.52. The summed E-state index contributed by atoms with van der Waals surface area (Å²) in [5, 5.41) is 0.762. The van der Waals surface area contributed by atoms with E-state index in [1.54, 1.807) is 0 Å². The van der Waals surface area contributed by atoms with E-state index < -0.39 is 0 Å². The monoisotopic (exact) mass is 345 g/mol. The zero-order valence-corrected chi connectivity index (χ0v) is 13.8. The molecular weight excluding hydrogens is 326 g/mol. The highest BCUT2D eigenvalue weighted by atomic mass is 79.9. The lowest BCUT2D eigenvalue weighted by molar-refractivity contribution is 0.0633. The van der Waals surface area contributed by atoms with Crippen molar-refractivity contribution in [1.29, 1.82) is 0 Å². The summed E-state index contributed by atoms with van der Waals surface area (Å²) in [6.07, 6.45) is 0. The first kappa shape index (κ1) is 15.3. The van der Waals surface area contributed by atoms with Gasteiger partial charge >= 0.3 is 0 Å². The Balaban J connectivity index is 2.26. The maximum Gasteiger partial charge on any atom is 0.0486 e. The average Bonchev–Trinajstić information content (AvgIpc) is 2.36. The van der Waals surface area contributed by atoms with Crippen molar-refractivity contribution in [3.8, 4) is 0 Å². The number of hydrogen-bond acceptors (Lipinski definition) is 3. The molecule has 0 amide bonds. The van der Waals surface area contributed by atoms with Crippen LogP contribution in [0.3, 0.4) is 0 Å². The fourth-order valence-electron chi connectivity index (χ4n) is 2.83. The smallest absolute Gasteiger partial charge is 0.0486 e. The fraction of sp³-hybridized carbons (Fsp3) is 0.571. The molecule has 0 aromatic heterocycles. The van der Waals surface area contributed by atoms with Gasteiger partial charge in [-0.2, -0.15) is 0 Å². The minimum Gasteiger partial charge on any atom is -0.329 e. The van der Waals surface area contributed by atoms with Crippen LogP contribution in [0.1, 0.15) is 18.5 Å². The number of hydrogen-bond donors (Lipinski definition) is 1. The average molecular weight is 347 g/mol. The highest BCUT2D eigenvalue weighted by Gasteiger charge is 2.29. The van der Waals surface area contributed by atoms with Crippen molar-refractivity contribution in [3.05, 3.63) is 33.3 Å². The largest absolute Gasteiger partial charge is 0.329 e. The van der Waals surface area contributed by atoms with Gasteiger partial charge in [-0.1, -0.05) is 27.5 Å². The molecule has 1 fully saturated rings. The minimum atomic E-state index is 0.219. The third kappa shape index (κ3) is 3.50. The summed E-state index contributed by atoms with van der Waals surface area (Å²) < 4.78 is 1.08. The van der Waals surface area contributed by atoms with E-state index in [1.807, 2.05) is 18.2 Å². The number of nitrogens with two attached hydrogens (primary N) is 1. The van der Waals surface area contributed by atoms with E-state index in [0.717, 1.165) is 29.1 Å². The fourth-order valence-corrected chi connectivity index (χ4v) is 3.52. The lowest BCUT2D eigenvalue weighted by Gasteiger charge is -2.43. The molecule has 0 radical (unpaired) electrons. The Morgan fingerprint density at radius 2 is 2.21 bits per heavy atom. The van der Waals surface area contributed by atoms with Crippen LogP contribution in [-0.2, 0) is 0 Å². The third-order valence-corrected chi connectivity index (χ3v) is 4.78. The third-order valence-electron chi connectivity index (χ3n) is 3.82. The van der Waals surface area contributed by atoms with Crippen LogP contribution in [-0.4, -0.2) is 49.1 Å². The first-order chi connectivity index (χ1) is 9.02. The van der Waals surface area contributed by atoms with Crippen molar-refractivity contribution < 1.29 is 0 Å². The van der Waals surface area contributed by atoms with E-state index in [2.05, 4.69) is 39.7 Å². The van der Waals surface area contributed by atoms with Crippen LogP contribution in [0, 0.1) is 0 Å². The van der Waals surface area contributed by atoms with Gasteiger partial charge in [-0.3, -0.25) is 4.90 Å². The zero-order chi connectivity index (χ0) is 14.0. The molecule has 106 valence electrons. The van der Waals surface area contributed by atoms with Gasteiger partial charge in [-0.05, 0) is 37.7 Å². The number of halogens is 2. The van der Waals surface area contributed by atoms with Gasteiger partial charge in [-0.15, -0.1) is 0 Å². The minimum absolute atomic E-state index is 0.219. The van der Waals surface area contributed by atoms with Crippen LogP contribution >= 0.6 is 27.5 Å². The van der Waals surface area contributed by atoms with E-state index in [-0.39, 0.29) is 6.04 Å². The predicted octanol–water partition coefficient (Wildman–Crippen LogP) is 2.74. The quantitative estimate of drug-likeness (QED) is 0.913. The Hall–Kier alpha value is -0.130. The van der Waals surface area contributed by atoms with E-state index in [0.29, 0.717) is 12.6 Å². The van der Waals surface area contributed by atoms with Crippen molar-refractivity contribution >= 4 is 27.5 Å². The number of rotatable bonds is 3. The van der Waals surface area contributed by atoms with Crippen molar-refractivity contribution in [2.24, 2.45) is 5.73 Å². The Bertz CT molecular complexity index is 441. The molecule has 0 spiro atoms. The molecule has 1 heterocycles. The van der Waals surface area contributed by atoms with Gasteiger partial charge in [0.25, 0.3) is 0 Å². The molecule has 0 saturated carbocycles. The summed E-state index contributed by atoms with van der Waals surface area (Å²) in [4.78, 5) is 4.85. The highest BCUT2D eigenvalue weighted by molar-refractivity contribution is 9.10. The Morgan fingerprint density at radius 3 is 2.84 bits per heavy atom. The van der Waals surface area contributed by atoms with Crippen molar-refractivity contribution in [1.82, 2.24) is 9.80 Å². The molecular formula is C14H21BrClN3. The molecule has 1 saturated heterocycles. The number of likely N-dealkylation sites (N-methyl/N-ethyl adjacent to an activating group) is 1. The molecule has 0 bridgehead atoms. The van der Waals surface area contributed by atoms with Crippen LogP contribution in [0.15, 0.2) is 22.7 Å². The van der Waals surface area contributed by atoms with Crippen molar-refractivity contribution in [2.75, 3.05) is 33.2 Å². The standard InChI is InChI=1S/C14H21BrClN3/c1-10-9-18(2)5-6-19(10)14(8-17)12-7-11(16)3-4-13(12)15/h3-4,7,10,14H,5-6,8-9,17H2,1-2H3. The maximum absolute atomic E-state index is 6.13. The van der Waals surface area contributed by atoms with Crippen LogP contribution < -0.4 is 5.73 Å². The van der Waals surface area contributed by atoms with Gasteiger partial charge in [0, 0.05) is 47.8 Å². The molecule has 1 aliphatic heterocycles. The molecule has 2 unspecified atom stereocenters. The van der Waals surface area contributed by atoms with Gasteiger partial charge in [0.05, 0.1) is 0 Å². The van der Waals surface area contributed by atoms with Crippen LogP contribution in [0.2, 0.25) is 5.02 Å². The molecule has 5 heteroatoms. The van der Waals surface area contributed by atoms with Gasteiger partial charge in [0.15, 0.2) is 0 Å². The second kappa shape index (κ2) is 6.55. The molecule has 0 aliphatic carbocycles. The van der Waals surface area contributed by atoms with Crippen molar-refractivity contribution in [2.45, 2.75) is 19.0 Å². The first-order valence-corrected chi connectivity index (χ1v) is 7.79. The highest BCUT2D eigenvalue weighted by Crippen LogP contribution is 2.31. The molecule has 2 rings (SSSR count). The maximum atomic E-state index is 6.13. The number of piperazine rings is 1. The van der Waals surface area contributed by atoms with E-state index in [9.17, 15) is 0 Å². The second-order valence-electron chi connectivity index (χ2n) is 5.27. The van der Waals surface area contributed by atoms with E-state index in [1.165, 1.54) is 5.56 Å². The first-order valence-electron chi connectivity index (χ1n) is 6.62. The molecule has 19 heavy (non-hydrogen) atoms. The normalized spacial score (nSPS) is 23.5. The number of nitrogens with zero attached hydrogens (tertiary/aromatic N) is 2. The van der Waals surface area contributed by atoms with Gasteiger partial charge in [-0.25, -0.2) is 0 Å². The molecule has 1 aromatic rings. The Kier molecular flexibility index (Phi) is 5.26. The summed E-state index contributed by atoms with van der Waals surface area (Å²) in [5.41, 5.74) is 7.22. The summed E-state index contributed by atoms with van der Waals surface area (Å²) in [5.74, 6) is 0. The van der Waals surface area contributed by atoms with Gasteiger partial charge in [0.2, 0.25) is 0 Å². The van der Waals surface area contributed by atoms with E-state index in [4.69, 9.17) is 17.3 Å². The van der Waals surface area contributed by atoms with Crippen LogP contribution in [0.25, 0.3) is 0 Å². The van der Waals surface area contributed by atoms with Gasteiger partial charge < -0.3 is 10.6 Å². The molecule has 2 N–H and O–H groups in total. The second-order valence-corrected chi connectivity index (χ2v) is 6.56. The molecule has 1 aromatic carbocycles. The zero-order valence-electron chi connectivity index (χ0n) is 11.4.